The molecule has 3 aliphatic carbocycles. The third-order valence-electron chi connectivity index (χ3n) is 12.1. The molecule has 1 aromatic carbocycles. The number of epoxide rings is 1. The highest BCUT2D eigenvalue weighted by molar-refractivity contribution is 5.82. The van der Waals surface area contributed by atoms with Crippen LogP contribution in [0.25, 0.3) is 0 Å². The Morgan fingerprint density at radius 2 is 1.87 bits per heavy atom. The van der Waals surface area contributed by atoms with Gasteiger partial charge in [0.1, 0.15) is 41.2 Å². The summed E-state index contributed by atoms with van der Waals surface area (Å²) in [5, 5.41) is 36.0. The number of rotatable bonds is 10. The van der Waals surface area contributed by atoms with E-state index >= 15 is 0 Å². The first-order chi connectivity index (χ1) is 22.0. The van der Waals surface area contributed by atoms with Crippen LogP contribution in [0.4, 0.5) is 0 Å². The summed E-state index contributed by atoms with van der Waals surface area (Å²) in [7, 11) is 0. The Morgan fingerprint density at radius 3 is 2.57 bits per heavy atom. The van der Waals surface area contributed by atoms with E-state index < -0.39 is 77.2 Å². The maximum absolute atomic E-state index is 13.2. The van der Waals surface area contributed by atoms with E-state index in [0.717, 1.165) is 31.3 Å². The van der Waals surface area contributed by atoms with Crippen LogP contribution in [0.2, 0.25) is 0 Å². The van der Waals surface area contributed by atoms with Gasteiger partial charge in [-0.1, -0.05) is 88.8 Å². The number of aliphatic hydroxyl groups is 3. The molecule has 6 aliphatic rings. The summed E-state index contributed by atoms with van der Waals surface area (Å²) in [6.07, 6.45) is 8.11. The van der Waals surface area contributed by atoms with Crippen LogP contribution in [0.5, 0.6) is 0 Å². The second-order valence-electron chi connectivity index (χ2n) is 14.7. The molecule has 0 radical (unpaired) electrons. The molecule has 250 valence electrons. The molecule has 3 bridgehead atoms. The molecule has 0 spiro atoms. The van der Waals surface area contributed by atoms with Gasteiger partial charge in [-0.3, -0.25) is 0 Å². The van der Waals surface area contributed by atoms with E-state index in [1.165, 1.54) is 6.08 Å². The van der Waals surface area contributed by atoms with Gasteiger partial charge in [-0.25, -0.2) is 4.79 Å². The monoisotopic (exact) mass is 636 g/mol. The highest BCUT2D eigenvalue weighted by Gasteiger charge is 2.89. The standard InChI is InChI=1S/C37H48O9/c1-6-7-8-9-10-11-15-18-27(39)42-29-23(4)19-26-35(29,41)32(40)34(21-38)31(43-34)28-30-33(22(2)3)20-24(5)36(26,28)46-37(44-30,45-33)25-16-13-12-14-17-25/h10-18,23-24,26,28-32,38,40-41H,2,6-9,19-21H2,1,3-5H3/b11-10+,18-15+/t23?,24-,26?,28?,29?,30?,31?,32?,33-,34?,35?,36+,37?/m1/s1. The number of hydrogen-bond donors (Lipinski definition) is 3. The molecule has 6 fully saturated rings. The molecule has 9 nitrogen and oxygen atoms in total. The van der Waals surface area contributed by atoms with Crippen LogP contribution < -0.4 is 0 Å². The number of carbonyl (C=O) groups is 1. The maximum Gasteiger partial charge on any atom is 0.331 e. The van der Waals surface area contributed by atoms with E-state index in [0.29, 0.717) is 18.4 Å². The number of ether oxygens (including phenoxy) is 5. The largest absolute Gasteiger partial charge is 0.456 e. The van der Waals surface area contributed by atoms with Gasteiger partial charge in [-0.15, -0.1) is 0 Å². The van der Waals surface area contributed by atoms with Gasteiger partial charge in [0.25, 0.3) is 0 Å². The highest BCUT2D eigenvalue weighted by Crippen LogP contribution is 2.75. The van der Waals surface area contributed by atoms with Gasteiger partial charge in [-0.05, 0) is 50.0 Å². The first-order valence-electron chi connectivity index (χ1n) is 17.0. The van der Waals surface area contributed by atoms with Crippen LogP contribution in [0.3, 0.4) is 0 Å². The predicted octanol–water partition coefficient (Wildman–Crippen LogP) is 4.45. The smallest absolute Gasteiger partial charge is 0.331 e. The zero-order chi connectivity index (χ0) is 32.7. The van der Waals surface area contributed by atoms with E-state index in [-0.39, 0.29) is 11.8 Å². The Bertz CT molecular complexity index is 1430. The van der Waals surface area contributed by atoms with Gasteiger partial charge in [0.2, 0.25) is 0 Å². The van der Waals surface area contributed by atoms with Gasteiger partial charge >= 0.3 is 11.9 Å². The summed E-state index contributed by atoms with van der Waals surface area (Å²) in [6, 6.07) is 9.48. The Balaban J connectivity index is 1.30. The maximum atomic E-state index is 13.2. The van der Waals surface area contributed by atoms with Gasteiger partial charge < -0.3 is 39.0 Å². The van der Waals surface area contributed by atoms with Crippen molar-refractivity contribution in [1.82, 2.24) is 0 Å². The topological polar surface area (TPSA) is 127 Å². The van der Waals surface area contributed by atoms with Crippen LogP contribution in [0.15, 0.2) is 66.8 Å². The molecule has 9 heteroatoms. The van der Waals surface area contributed by atoms with Crippen molar-refractivity contribution >= 4 is 5.97 Å². The molecule has 0 aromatic heterocycles. The van der Waals surface area contributed by atoms with Crippen molar-refractivity contribution < 1.29 is 43.8 Å². The average molecular weight is 637 g/mol. The fourth-order valence-electron chi connectivity index (χ4n) is 9.94. The van der Waals surface area contributed by atoms with Crippen molar-refractivity contribution in [2.45, 2.75) is 119 Å². The van der Waals surface area contributed by atoms with Crippen LogP contribution in [0.1, 0.15) is 71.8 Å². The quantitative estimate of drug-likeness (QED) is 0.0853. The van der Waals surface area contributed by atoms with E-state index in [9.17, 15) is 20.1 Å². The number of benzene rings is 1. The molecule has 3 saturated heterocycles. The number of esters is 1. The lowest BCUT2D eigenvalue weighted by Crippen LogP contribution is -2.72. The Hall–Kier alpha value is -2.37. The van der Waals surface area contributed by atoms with Gasteiger partial charge in [0.05, 0.1) is 12.2 Å². The van der Waals surface area contributed by atoms with Crippen molar-refractivity contribution in [3.05, 3.63) is 72.4 Å². The Kier molecular flexibility index (Phi) is 7.76. The van der Waals surface area contributed by atoms with Gasteiger partial charge in [-0.2, -0.15) is 0 Å². The van der Waals surface area contributed by atoms with Crippen molar-refractivity contribution in [2.24, 2.45) is 23.7 Å². The normalized spacial score (nSPS) is 48.2. The van der Waals surface area contributed by atoms with Crippen LogP contribution >= 0.6 is 0 Å². The summed E-state index contributed by atoms with van der Waals surface area (Å²) >= 11 is 0. The predicted molar refractivity (Wildman–Crippen MR) is 168 cm³/mol. The second-order valence-corrected chi connectivity index (χ2v) is 14.7. The lowest BCUT2D eigenvalue weighted by molar-refractivity contribution is -0.443. The van der Waals surface area contributed by atoms with Crippen molar-refractivity contribution in [2.75, 3.05) is 6.61 Å². The third kappa shape index (κ3) is 4.15. The summed E-state index contributed by atoms with van der Waals surface area (Å²) < 4.78 is 33.3. The average Bonchev–Trinajstić information content (AvgIpc) is 3.67. The van der Waals surface area contributed by atoms with Crippen LogP contribution in [-0.4, -0.2) is 74.7 Å². The number of unbranched alkanes of at least 4 members (excludes halogenated alkanes) is 3. The molecular weight excluding hydrogens is 588 g/mol. The first kappa shape index (κ1) is 32.2. The number of carbonyl (C=O) groups excluding carboxylic acids is 1. The van der Waals surface area contributed by atoms with Crippen LogP contribution in [0, 0.1) is 23.7 Å². The number of allylic oxidation sites excluding steroid dienone is 3. The zero-order valence-electron chi connectivity index (χ0n) is 27.3. The molecule has 3 saturated carbocycles. The molecule has 7 rings (SSSR count). The second kappa shape index (κ2) is 11.1. The Labute approximate surface area is 271 Å². The van der Waals surface area contributed by atoms with Crippen molar-refractivity contribution in [1.29, 1.82) is 0 Å². The van der Waals surface area contributed by atoms with Crippen molar-refractivity contribution in [3.63, 3.8) is 0 Å². The minimum Gasteiger partial charge on any atom is -0.456 e. The highest BCUT2D eigenvalue weighted by atomic mass is 16.9. The lowest BCUT2D eigenvalue weighted by atomic mass is 9.54. The Morgan fingerprint density at radius 1 is 1.11 bits per heavy atom. The van der Waals surface area contributed by atoms with Crippen molar-refractivity contribution in [3.8, 4) is 0 Å². The molecule has 1 aromatic rings. The van der Waals surface area contributed by atoms with E-state index in [1.807, 2.05) is 56.3 Å². The minimum atomic E-state index is -2.00. The third-order valence-corrected chi connectivity index (χ3v) is 12.1. The molecule has 10 unspecified atom stereocenters. The number of fused-ring (bicyclic) bond motifs is 3. The van der Waals surface area contributed by atoms with Gasteiger partial charge in [0, 0.05) is 23.5 Å². The molecule has 3 aliphatic heterocycles. The van der Waals surface area contributed by atoms with Crippen LogP contribution in [-0.2, 0) is 34.5 Å². The molecule has 0 amide bonds. The molecular formula is C37H48O9. The summed E-state index contributed by atoms with van der Waals surface area (Å²) in [4.78, 5) is 13.2. The molecule has 3 N–H and O–H groups in total. The SMILES string of the molecule is C=C(C)[C@]12C[C@@H](C)[C@@]34OC(c5ccccc5)(OC1C3C1OC1(CO)C(O)C1(O)C(OC(=O)/C=C/C=C/CCCCC)C(C)CC14)O2. The molecule has 13 atom stereocenters. The molecule has 3 heterocycles. The van der Waals surface area contributed by atoms with E-state index in [4.69, 9.17) is 23.7 Å². The summed E-state index contributed by atoms with van der Waals surface area (Å²) in [6.45, 7) is 11.9. The van der Waals surface area contributed by atoms with Gasteiger partial charge in [0.15, 0.2) is 0 Å². The molecule has 46 heavy (non-hydrogen) atoms. The number of hydrogen-bond acceptors (Lipinski definition) is 9. The first-order valence-corrected chi connectivity index (χ1v) is 17.0. The zero-order valence-corrected chi connectivity index (χ0v) is 27.3. The fourth-order valence-corrected chi connectivity index (χ4v) is 9.94. The lowest BCUT2D eigenvalue weighted by Gasteiger charge is -2.60. The fraction of sp³-hybridized carbons (Fsp3) is 0.649. The number of aliphatic hydroxyl groups excluding tert-OH is 2. The van der Waals surface area contributed by atoms with E-state index in [2.05, 4.69) is 20.4 Å². The summed E-state index contributed by atoms with van der Waals surface area (Å²) in [5.41, 5.74) is -4.09. The summed E-state index contributed by atoms with van der Waals surface area (Å²) in [5.74, 6) is -4.00. The minimum absolute atomic E-state index is 0.221. The van der Waals surface area contributed by atoms with E-state index in [1.54, 1.807) is 6.08 Å².